The second-order valence-corrected chi connectivity index (χ2v) is 10.7. The molecule has 0 aliphatic rings. The zero-order chi connectivity index (χ0) is 24.1. The smallest absolute Gasteiger partial charge is 0.250 e. The Kier molecular flexibility index (Phi) is 8.45. The summed E-state index contributed by atoms with van der Waals surface area (Å²) in [5, 5.41) is 24.0. The molecular formula is C23H16ClI2N5O2S. The Balaban J connectivity index is 1.50. The Morgan fingerprint density at radius 3 is 2.59 bits per heavy atom. The molecule has 0 fully saturated rings. The maximum absolute atomic E-state index is 12.4. The zero-order valence-corrected chi connectivity index (χ0v) is 23.2. The van der Waals surface area contributed by atoms with E-state index < -0.39 is 0 Å². The number of thioether (sulfide) groups is 1. The standard InChI is InChI=1S/C23H16ClI2N5O2S/c24-16-8-6-14(7-9-16)22-29-30-23(31(22)18-4-2-1-3-5-18)34-13-20(32)28-27-12-15-10-17(25)11-19(26)21(15)33/h1-12,33H,13H2,(H,28,32)/b27-12+. The minimum atomic E-state index is -0.309. The van der Waals surface area contributed by atoms with Gasteiger partial charge in [0.15, 0.2) is 11.0 Å². The molecule has 1 amide bonds. The summed E-state index contributed by atoms with van der Waals surface area (Å²) in [6.45, 7) is 0. The fourth-order valence-electron chi connectivity index (χ4n) is 2.98. The van der Waals surface area contributed by atoms with Gasteiger partial charge in [0.2, 0.25) is 0 Å². The number of hydrazone groups is 1. The van der Waals surface area contributed by atoms with Gasteiger partial charge in [-0.3, -0.25) is 9.36 Å². The Labute approximate surface area is 232 Å². The van der Waals surface area contributed by atoms with E-state index in [1.165, 1.54) is 18.0 Å². The summed E-state index contributed by atoms with van der Waals surface area (Å²) in [5.41, 5.74) is 4.75. The predicted octanol–water partition coefficient (Wildman–Crippen LogP) is 5.74. The highest BCUT2D eigenvalue weighted by Gasteiger charge is 2.17. The molecule has 0 bridgehead atoms. The monoisotopic (exact) mass is 715 g/mol. The van der Waals surface area contributed by atoms with Crippen LogP contribution in [0.25, 0.3) is 17.1 Å². The maximum atomic E-state index is 12.4. The number of para-hydroxylation sites is 1. The quantitative estimate of drug-likeness (QED) is 0.110. The number of benzene rings is 3. The van der Waals surface area contributed by atoms with Crippen LogP contribution < -0.4 is 5.43 Å². The number of carbonyl (C=O) groups is 1. The third kappa shape index (κ3) is 6.09. The van der Waals surface area contributed by atoms with Gasteiger partial charge in [0.05, 0.1) is 15.5 Å². The summed E-state index contributed by atoms with van der Waals surface area (Å²) in [7, 11) is 0. The first kappa shape index (κ1) is 24.9. The number of phenols is 1. The van der Waals surface area contributed by atoms with E-state index in [4.69, 9.17) is 11.6 Å². The molecule has 4 rings (SSSR count). The van der Waals surface area contributed by atoms with E-state index in [9.17, 15) is 9.90 Å². The number of aromatic hydroxyl groups is 1. The molecule has 0 aliphatic heterocycles. The average molecular weight is 716 g/mol. The highest BCUT2D eigenvalue weighted by Crippen LogP contribution is 2.29. The third-order valence-corrected chi connectivity index (χ3v) is 7.16. The molecule has 0 spiro atoms. The van der Waals surface area contributed by atoms with E-state index in [-0.39, 0.29) is 17.4 Å². The Morgan fingerprint density at radius 1 is 1.12 bits per heavy atom. The molecule has 0 aliphatic carbocycles. The van der Waals surface area contributed by atoms with Crippen molar-refractivity contribution in [1.82, 2.24) is 20.2 Å². The maximum Gasteiger partial charge on any atom is 0.250 e. The van der Waals surface area contributed by atoms with Gasteiger partial charge in [0.1, 0.15) is 5.75 Å². The van der Waals surface area contributed by atoms with Gasteiger partial charge in [-0.15, -0.1) is 10.2 Å². The first-order chi connectivity index (χ1) is 16.4. The lowest BCUT2D eigenvalue weighted by atomic mass is 10.2. The number of nitrogens with one attached hydrogen (secondary N) is 1. The van der Waals surface area contributed by atoms with Crippen LogP contribution in [0.2, 0.25) is 5.02 Å². The van der Waals surface area contributed by atoms with Gasteiger partial charge in [-0.25, -0.2) is 5.43 Å². The van der Waals surface area contributed by atoms with Gasteiger partial charge < -0.3 is 5.11 Å². The molecule has 0 saturated carbocycles. The molecule has 172 valence electrons. The number of hydrogen-bond acceptors (Lipinski definition) is 6. The van der Waals surface area contributed by atoms with Crippen molar-refractivity contribution in [2.24, 2.45) is 5.10 Å². The molecule has 0 atom stereocenters. The van der Waals surface area contributed by atoms with Gasteiger partial charge in [-0.2, -0.15) is 5.10 Å². The fourth-order valence-corrected chi connectivity index (χ4v) is 5.74. The van der Waals surface area contributed by atoms with E-state index in [0.29, 0.717) is 25.1 Å². The molecular weight excluding hydrogens is 700 g/mol. The molecule has 11 heteroatoms. The number of carbonyl (C=O) groups excluding carboxylic acids is 1. The number of aromatic nitrogens is 3. The number of hydrogen-bond donors (Lipinski definition) is 2. The van der Waals surface area contributed by atoms with Crippen LogP contribution >= 0.6 is 68.5 Å². The lowest BCUT2D eigenvalue weighted by molar-refractivity contribution is -0.118. The fraction of sp³-hybridized carbons (Fsp3) is 0.0435. The van der Waals surface area contributed by atoms with Crippen LogP contribution in [0.15, 0.2) is 77.0 Å². The van der Waals surface area contributed by atoms with Crippen LogP contribution in [0.1, 0.15) is 5.56 Å². The SMILES string of the molecule is O=C(CSc1nnc(-c2ccc(Cl)cc2)n1-c1ccccc1)N/N=C/c1cc(I)cc(I)c1O. The van der Waals surface area contributed by atoms with Crippen molar-refractivity contribution in [1.29, 1.82) is 0 Å². The van der Waals surface area contributed by atoms with Crippen LogP contribution in [0, 0.1) is 7.14 Å². The van der Waals surface area contributed by atoms with Gasteiger partial charge >= 0.3 is 0 Å². The molecule has 0 unspecified atom stereocenters. The number of halogens is 3. The van der Waals surface area contributed by atoms with Crippen LogP contribution in [0.4, 0.5) is 0 Å². The second-order valence-electron chi connectivity index (χ2n) is 6.89. The first-order valence-corrected chi connectivity index (χ1v) is 13.3. The summed E-state index contributed by atoms with van der Waals surface area (Å²) in [5.74, 6) is 0.544. The first-order valence-electron chi connectivity index (χ1n) is 9.82. The summed E-state index contributed by atoms with van der Waals surface area (Å²) < 4.78 is 3.57. The van der Waals surface area contributed by atoms with E-state index >= 15 is 0 Å². The highest BCUT2D eigenvalue weighted by molar-refractivity contribution is 14.1. The Morgan fingerprint density at radius 2 is 1.85 bits per heavy atom. The van der Waals surface area contributed by atoms with Gasteiger partial charge in [-0.1, -0.05) is 41.6 Å². The van der Waals surface area contributed by atoms with E-state index in [0.717, 1.165) is 14.8 Å². The molecule has 7 nitrogen and oxygen atoms in total. The Bertz CT molecular complexity index is 1350. The minimum Gasteiger partial charge on any atom is -0.506 e. The molecule has 34 heavy (non-hydrogen) atoms. The third-order valence-electron chi connectivity index (χ3n) is 4.53. The van der Waals surface area contributed by atoms with E-state index in [2.05, 4.69) is 43.3 Å². The largest absolute Gasteiger partial charge is 0.506 e. The van der Waals surface area contributed by atoms with Crippen molar-refractivity contribution in [2.45, 2.75) is 5.16 Å². The summed E-state index contributed by atoms with van der Waals surface area (Å²) in [4.78, 5) is 12.4. The molecule has 1 heterocycles. The van der Waals surface area contributed by atoms with Gasteiger partial charge in [0, 0.05) is 25.4 Å². The number of nitrogens with zero attached hydrogens (tertiary/aromatic N) is 4. The van der Waals surface area contributed by atoms with E-state index in [1.807, 2.05) is 75.7 Å². The zero-order valence-electron chi connectivity index (χ0n) is 17.3. The molecule has 0 radical (unpaired) electrons. The van der Waals surface area contributed by atoms with Crippen molar-refractivity contribution in [3.05, 3.63) is 84.5 Å². The van der Waals surface area contributed by atoms with Crippen molar-refractivity contribution in [3.63, 3.8) is 0 Å². The molecule has 1 aromatic heterocycles. The van der Waals surface area contributed by atoms with Crippen molar-refractivity contribution < 1.29 is 9.90 Å². The van der Waals surface area contributed by atoms with E-state index in [1.54, 1.807) is 18.2 Å². The number of rotatable bonds is 7. The van der Waals surface area contributed by atoms with Gasteiger partial charge in [-0.05, 0) is 93.7 Å². The lowest BCUT2D eigenvalue weighted by Gasteiger charge is -2.10. The molecule has 2 N–H and O–H groups in total. The predicted molar refractivity (Wildman–Crippen MR) is 152 cm³/mol. The Hall–Kier alpha value is -2.16. The summed E-state index contributed by atoms with van der Waals surface area (Å²) >= 11 is 11.5. The van der Waals surface area contributed by atoms with Crippen LogP contribution in [-0.4, -0.2) is 37.7 Å². The second kappa shape index (κ2) is 11.5. The number of phenolic OH excluding ortho intramolecular Hbond substituents is 1. The van der Waals surface area contributed by atoms with Crippen LogP contribution in [0.3, 0.4) is 0 Å². The summed E-state index contributed by atoms with van der Waals surface area (Å²) in [6, 6.07) is 20.7. The van der Waals surface area contributed by atoms with Crippen molar-refractivity contribution >= 4 is 80.7 Å². The lowest BCUT2D eigenvalue weighted by Crippen LogP contribution is -2.20. The average Bonchev–Trinajstić information content (AvgIpc) is 3.25. The highest BCUT2D eigenvalue weighted by atomic mass is 127. The molecule has 4 aromatic rings. The van der Waals surface area contributed by atoms with Crippen molar-refractivity contribution in [2.75, 3.05) is 5.75 Å². The summed E-state index contributed by atoms with van der Waals surface area (Å²) in [6.07, 6.45) is 1.42. The van der Waals surface area contributed by atoms with Crippen LogP contribution in [-0.2, 0) is 4.79 Å². The normalized spacial score (nSPS) is 11.1. The topological polar surface area (TPSA) is 92.4 Å². The minimum absolute atomic E-state index is 0.0821. The van der Waals surface area contributed by atoms with Crippen LogP contribution in [0.5, 0.6) is 5.75 Å². The molecule has 0 saturated heterocycles. The molecule has 3 aromatic carbocycles. The number of amides is 1. The van der Waals surface area contributed by atoms with Gasteiger partial charge in [0.25, 0.3) is 5.91 Å². The van der Waals surface area contributed by atoms with Crippen molar-refractivity contribution in [3.8, 4) is 22.8 Å².